The van der Waals surface area contributed by atoms with Crippen LogP contribution in [0, 0.1) is 0 Å². The topological polar surface area (TPSA) is 92.5 Å². The van der Waals surface area contributed by atoms with Crippen LogP contribution in [0.5, 0.6) is 5.75 Å². The molecular formula is C15H16N4O3. The maximum atomic E-state index is 11.9. The Bertz CT molecular complexity index is 836. The molecule has 0 radical (unpaired) electrons. The summed E-state index contributed by atoms with van der Waals surface area (Å²) >= 11 is 0. The molecule has 0 amide bonds. The summed E-state index contributed by atoms with van der Waals surface area (Å²) in [6, 6.07) is 9.22. The van der Waals surface area contributed by atoms with Gasteiger partial charge in [-0.05, 0) is 24.1 Å². The third-order valence-corrected chi connectivity index (χ3v) is 3.30. The van der Waals surface area contributed by atoms with Crippen LogP contribution < -0.4 is 10.3 Å². The number of H-pyrrole nitrogens is 1. The molecule has 3 rings (SSSR count). The Balaban J connectivity index is 1.79. The van der Waals surface area contributed by atoms with E-state index in [0.717, 1.165) is 16.7 Å². The molecule has 2 N–H and O–H groups in total. The van der Waals surface area contributed by atoms with Crippen molar-refractivity contribution in [1.82, 2.24) is 19.6 Å². The van der Waals surface area contributed by atoms with Crippen LogP contribution in [-0.4, -0.2) is 24.7 Å². The molecule has 114 valence electrons. The highest BCUT2D eigenvalue weighted by Gasteiger charge is 2.08. The molecule has 0 bridgehead atoms. The van der Waals surface area contributed by atoms with E-state index in [-0.39, 0.29) is 30.4 Å². The van der Waals surface area contributed by atoms with Crippen molar-refractivity contribution in [3.05, 3.63) is 57.8 Å². The number of hydrogen-bond acceptors (Lipinski definition) is 5. The number of aryl methyl sites for hydroxylation is 1. The van der Waals surface area contributed by atoms with Gasteiger partial charge in [-0.15, -0.1) is 5.10 Å². The molecule has 22 heavy (non-hydrogen) atoms. The number of fused-ring (bicyclic) bond motifs is 1. The molecule has 0 unspecified atom stereocenters. The fraction of sp³-hybridized carbons (Fsp3) is 0.267. The highest BCUT2D eigenvalue weighted by atomic mass is 16.5. The summed E-state index contributed by atoms with van der Waals surface area (Å²) in [6.07, 6.45) is 0.977. The number of rotatable bonds is 5. The van der Waals surface area contributed by atoms with Gasteiger partial charge in [-0.2, -0.15) is 9.50 Å². The van der Waals surface area contributed by atoms with E-state index >= 15 is 0 Å². The molecular weight excluding hydrogens is 284 g/mol. The van der Waals surface area contributed by atoms with Crippen LogP contribution in [0.15, 0.2) is 35.1 Å². The van der Waals surface area contributed by atoms with Crippen LogP contribution in [0.1, 0.15) is 24.0 Å². The van der Waals surface area contributed by atoms with Crippen LogP contribution in [-0.2, 0) is 19.6 Å². The molecule has 1 aromatic carbocycles. The van der Waals surface area contributed by atoms with Crippen LogP contribution in [0.3, 0.4) is 0 Å². The van der Waals surface area contributed by atoms with E-state index in [1.54, 1.807) is 0 Å². The fourth-order valence-electron chi connectivity index (χ4n) is 2.11. The highest BCUT2D eigenvalue weighted by Crippen LogP contribution is 2.13. The number of aliphatic hydroxyl groups is 1. The van der Waals surface area contributed by atoms with Crippen LogP contribution in [0.4, 0.5) is 0 Å². The van der Waals surface area contributed by atoms with Gasteiger partial charge in [0.25, 0.3) is 5.56 Å². The number of aromatic amines is 1. The highest BCUT2D eigenvalue weighted by molar-refractivity contribution is 5.29. The van der Waals surface area contributed by atoms with E-state index in [0.29, 0.717) is 5.69 Å². The van der Waals surface area contributed by atoms with Gasteiger partial charge in [0.2, 0.25) is 5.78 Å². The molecule has 0 aliphatic rings. The molecule has 0 atom stereocenters. The molecule has 0 spiro atoms. The largest absolute Gasteiger partial charge is 0.487 e. The lowest BCUT2D eigenvalue weighted by Crippen LogP contribution is -2.16. The average Bonchev–Trinajstić information content (AvgIpc) is 2.97. The quantitative estimate of drug-likeness (QED) is 0.735. The maximum absolute atomic E-state index is 11.9. The smallest absolute Gasteiger partial charge is 0.276 e. The lowest BCUT2D eigenvalue weighted by atomic mass is 10.2. The molecule has 2 heterocycles. The van der Waals surface area contributed by atoms with Gasteiger partial charge >= 0.3 is 0 Å². The zero-order chi connectivity index (χ0) is 15.5. The zero-order valence-corrected chi connectivity index (χ0v) is 12.1. The number of hydrogen-bond donors (Lipinski definition) is 2. The molecule has 0 fully saturated rings. The Morgan fingerprint density at radius 3 is 2.77 bits per heavy atom. The Morgan fingerprint density at radius 2 is 2.09 bits per heavy atom. The lowest BCUT2D eigenvalue weighted by Gasteiger charge is -2.07. The minimum absolute atomic E-state index is 0.196. The number of aliphatic hydroxyl groups excluding tert-OH is 1. The van der Waals surface area contributed by atoms with Gasteiger partial charge in [0.1, 0.15) is 19.0 Å². The van der Waals surface area contributed by atoms with E-state index in [2.05, 4.69) is 22.0 Å². The Labute approximate surface area is 126 Å². The maximum Gasteiger partial charge on any atom is 0.276 e. The summed E-state index contributed by atoms with van der Waals surface area (Å²) in [7, 11) is 0. The van der Waals surface area contributed by atoms with E-state index < -0.39 is 0 Å². The first-order chi connectivity index (χ1) is 10.7. The van der Waals surface area contributed by atoms with Crippen LogP contribution in [0.25, 0.3) is 5.78 Å². The SMILES string of the molecule is CCc1ccc(OCc2cc(=O)n3nc(CO)nc3[nH]2)cc1. The number of ether oxygens (including phenoxy) is 1. The molecule has 0 aliphatic carbocycles. The predicted molar refractivity (Wildman–Crippen MR) is 79.7 cm³/mol. The monoisotopic (exact) mass is 300 g/mol. The van der Waals surface area contributed by atoms with Gasteiger partial charge in [-0.1, -0.05) is 19.1 Å². The van der Waals surface area contributed by atoms with Crippen molar-refractivity contribution >= 4 is 5.78 Å². The summed E-state index contributed by atoms with van der Waals surface area (Å²) in [4.78, 5) is 18.9. The first kappa shape index (κ1) is 14.3. The summed E-state index contributed by atoms with van der Waals surface area (Å²) in [5.41, 5.74) is 1.51. The van der Waals surface area contributed by atoms with Crippen molar-refractivity contribution in [3.8, 4) is 5.75 Å². The zero-order valence-electron chi connectivity index (χ0n) is 12.1. The summed E-state index contributed by atoms with van der Waals surface area (Å²) in [6.45, 7) is 2.00. The van der Waals surface area contributed by atoms with Gasteiger partial charge in [0.15, 0.2) is 5.82 Å². The van der Waals surface area contributed by atoms with Gasteiger partial charge < -0.3 is 14.8 Å². The minimum Gasteiger partial charge on any atom is -0.487 e. The predicted octanol–water partition coefficient (Wildman–Crippen LogP) is 1.05. The van der Waals surface area contributed by atoms with E-state index in [9.17, 15) is 4.79 Å². The van der Waals surface area contributed by atoms with Crippen molar-refractivity contribution in [2.45, 2.75) is 26.6 Å². The molecule has 7 heteroatoms. The van der Waals surface area contributed by atoms with Gasteiger partial charge in [0, 0.05) is 6.07 Å². The van der Waals surface area contributed by atoms with Crippen molar-refractivity contribution in [2.75, 3.05) is 0 Å². The summed E-state index contributed by atoms with van der Waals surface area (Å²) in [5.74, 6) is 1.22. The minimum atomic E-state index is -0.319. The third-order valence-electron chi connectivity index (χ3n) is 3.30. The second-order valence-corrected chi connectivity index (χ2v) is 4.84. The Morgan fingerprint density at radius 1 is 1.32 bits per heavy atom. The van der Waals surface area contributed by atoms with Gasteiger partial charge in [-0.3, -0.25) is 4.79 Å². The van der Waals surface area contributed by atoms with Crippen molar-refractivity contribution < 1.29 is 9.84 Å². The fourth-order valence-corrected chi connectivity index (χ4v) is 2.11. The first-order valence-electron chi connectivity index (χ1n) is 7.00. The summed E-state index contributed by atoms with van der Waals surface area (Å²) in [5, 5.41) is 12.9. The normalized spacial score (nSPS) is 11.0. The van der Waals surface area contributed by atoms with Gasteiger partial charge in [-0.25, -0.2) is 0 Å². The van der Waals surface area contributed by atoms with Crippen molar-refractivity contribution in [1.29, 1.82) is 0 Å². The molecule has 0 saturated heterocycles. The molecule has 0 saturated carbocycles. The van der Waals surface area contributed by atoms with E-state index in [1.165, 1.54) is 11.6 Å². The van der Waals surface area contributed by atoms with Crippen LogP contribution >= 0.6 is 0 Å². The summed E-state index contributed by atoms with van der Waals surface area (Å²) < 4.78 is 6.77. The molecule has 7 nitrogen and oxygen atoms in total. The number of nitrogens with one attached hydrogen (secondary N) is 1. The van der Waals surface area contributed by atoms with E-state index in [4.69, 9.17) is 9.84 Å². The standard InChI is InChI=1S/C15H16N4O3/c1-2-10-3-5-12(6-4-10)22-9-11-7-14(21)19-15(16-11)17-13(8-20)18-19/h3-7,20H,2,8-9H2,1H3,(H,16,17,18). The Kier molecular flexibility index (Phi) is 3.88. The number of benzene rings is 1. The Hall–Kier alpha value is -2.67. The average molecular weight is 300 g/mol. The number of nitrogens with zero attached hydrogens (tertiary/aromatic N) is 3. The second kappa shape index (κ2) is 5.98. The molecule has 0 aliphatic heterocycles. The number of aromatic nitrogens is 4. The second-order valence-electron chi connectivity index (χ2n) is 4.84. The lowest BCUT2D eigenvalue weighted by molar-refractivity contribution is 0.271. The van der Waals surface area contributed by atoms with Crippen molar-refractivity contribution in [3.63, 3.8) is 0 Å². The van der Waals surface area contributed by atoms with Crippen molar-refractivity contribution in [2.24, 2.45) is 0 Å². The van der Waals surface area contributed by atoms with Crippen LogP contribution in [0.2, 0.25) is 0 Å². The van der Waals surface area contributed by atoms with Gasteiger partial charge in [0.05, 0.1) is 5.69 Å². The van der Waals surface area contributed by atoms with E-state index in [1.807, 2.05) is 24.3 Å². The third kappa shape index (κ3) is 2.84. The first-order valence-corrected chi connectivity index (χ1v) is 7.00. The molecule has 2 aromatic heterocycles. The molecule has 3 aromatic rings.